The second kappa shape index (κ2) is 6.87. The third-order valence-corrected chi connectivity index (χ3v) is 3.77. The Morgan fingerprint density at radius 2 is 2.14 bits per heavy atom. The molecule has 0 amide bonds. The number of carbonyl (C=O) groups is 1. The molecule has 21 heavy (non-hydrogen) atoms. The van der Waals surface area contributed by atoms with Crippen molar-refractivity contribution in [2.75, 3.05) is 7.11 Å². The number of carbonyl (C=O) groups excluding carboxylic acids is 1. The number of nitrogens with one attached hydrogen (secondary N) is 1. The normalized spacial score (nSPS) is 10.7. The van der Waals surface area contributed by atoms with E-state index in [1.807, 2.05) is 0 Å². The lowest BCUT2D eigenvalue weighted by Gasteiger charge is -2.05. The van der Waals surface area contributed by atoms with Crippen LogP contribution in [-0.2, 0) is 17.8 Å². The summed E-state index contributed by atoms with van der Waals surface area (Å²) in [5, 5.41) is 3.14. The van der Waals surface area contributed by atoms with E-state index in [1.54, 1.807) is 19.1 Å². The Hall–Kier alpha value is -1.66. The van der Waals surface area contributed by atoms with Crippen molar-refractivity contribution in [2.24, 2.45) is 0 Å². The van der Waals surface area contributed by atoms with Crippen molar-refractivity contribution in [3.8, 4) is 0 Å². The molecule has 0 saturated carbocycles. The van der Waals surface area contributed by atoms with E-state index in [-0.39, 0.29) is 5.82 Å². The molecule has 0 unspecified atom stereocenters. The molecule has 2 aromatic rings. The number of methoxy groups -OCH3 is 1. The van der Waals surface area contributed by atoms with Gasteiger partial charge in [-0.15, -0.1) is 0 Å². The van der Waals surface area contributed by atoms with Gasteiger partial charge in [-0.3, -0.25) is 0 Å². The molecule has 0 radical (unpaired) electrons. The summed E-state index contributed by atoms with van der Waals surface area (Å²) in [5.41, 5.74) is 1.23. The van der Waals surface area contributed by atoms with Gasteiger partial charge in [-0.05, 0) is 36.8 Å². The lowest BCUT2D eigenvalue weighted by Crippen LogP contribution is -2.12. The minimum atomic E-state index is -0.421. The van der Waals surface area contributed by atoms with E-state index in [4.69, 9.17) is 4.42 Å². The van der Waals surface area contributed by atoms with Crippen molar-refractivity contribution in [1.82, 2.24) is 5.32 Å². The van der Waals surface area contributed by atoms with Crippen molar-refractivity contribution >= 4 is 21.9 Å². The molecule has 1 aromatic carbocycles. The first kappa shape index (κ1) is 15.7. The highest BCUT2D eigenvalue weighted by Crippen LogP contribution is 2.19. The fourth-order valence-corrected chi connectivity index (χ4v) is 2.33. The van der Waals surface area contributed by atoms with Crippen LogP contribution in [0.25, 0.3) is 0 Å². The van der Waals surface area contributed by atoms with Crippen LogP contribution in [0.3, 0.4) is 0 Å². The van der Waals surface area contributed by atoms with E-state index in [9.17, 15) is 9.18 Å². The molecule has 1 aromatic heterocycles. The molecule has 0 spiro atoms. The third-order valence-electron chi connectivity index (χ3n) is 3.00. The van der Waals surface area contributed by atoms with E-state index in [1.165, 1.54) is 19.2 Å². The third kappa shape index (κ3) is 3.92. The first-order chi connectivity index (χ1) is 10.0. The Bertz CT molecular complexity index is 654. The van der Waals surface area contributed by atoms with Crippen molar-refractivity contribution < 1.29 is 18.3 Å². The van der Waals surface area contributed by atoms with E-state index < -0.39 is 5.97 Å². The van der Waals surface area contributed by atoms with E-state index >= 15 is 0 Å². The number of hydrogen-bond donors (Lipinski definition) is 1. The van der Waals surface area contributed by atoms with Gasteiger partial charge in [0.25, 0.3) is 0 Å². The lowest BCUT2D eigenvalue weighted by atomic mass is 10.2. The minimum Gasteiger partial charge on any atom is -0.465 e. The van der Waals surface area contributed by atoms with Gasteiger partial charge >= 0.3 is 5.97 Å². The number of benzene rings is 1. The van der Waals surface area contributed by atoms with Gasteiger partial charge in [0.05, 0.1) is 13.7 Å². The maximum atomic E-state index is 13.2. The molecule has 112 valence electrons. The molecule has 0 saturated heterocycles. The fourth-order valence-electron chi connectivity index (χ4n) is 1.94. The van der Waals surface area contributed by atoms with Gasteiger partial charge in [0, 0.05) is 11.0 Å². The van der Waals surface area contributed by atoms with Crippen LogP contribution in [-0.4, -0.2) is 13.1 Å². The molecule has 6 heteroatoms. The highest BCUT2D eigenvalue weighted by Gasteiger charge is 2.15. The van der Waals surface area contributed by atoms with Crippen LogP contribution >= 0.6 is 15.9 Å². The zero-order valence-electron chi connectivity index (χ0n) is 11.7. The minimum absolute atomic E-state index is 0.281. The Morgan fingerprint density at radius 3 is 2.86 bits per heavy atom. The summed E-state index contributed by atoms with van der Waals surface area (Å²) in [6.07, 6.45) is 0. The summed E-state index contributed by atoms with van der Waals surface area (Å²) in [5.74, 6) is 0.443. The maximum Gasteiger partial charge on any atom is 0.341 e. The molecular weight excluding hydrogens is 341 g/mol. The van der Waals surface area contributed by atoms with Gasteiger partial charge in [-0.2, -0.15) is 0 Å². The molecule has 4 nitrogen and oxygen atoms in total. The SMILES string of the molecule is COC(=O)c1cc(CNCc2cc(F)ccc2Br)oc1C. The van der Waals surface area contributed by atoms with Gasteiger partial charge in [0.15, 0.2) is 0 Å². The van der Waals surface area contributed by atoms with Crippen LogP contribution in [0.2, 0.25) is 0 Å². The van der Waals surface area contributed by atoms with Gasteiger partial charge < -0.3 is 14.5 Å². The molecule has 0 aliphatic heterocycles. The predicted octanol–water partition coefficient (Wildman–Crippen LogP) is 3.57. The monoisotopic (exact) mass is 355 g/mol. The molecule has 2 rings (SSSR count). The smallest absolute Gasteiger partial charge is 0.341 e. The molecule has 0 atom stereocenters. The van der Waals surface area contributed by atoms with Crippen molar-refractivity contribution in [3.05, 3.63) is 57.2 Å². The van der Waals surface area contributed by atoms with Crippen molar-refractivity contribution in [1.29, 1.82) is 0 Å². The number of aryl methyl sites for hydroxylation is 1. The quantitative estimate of drug-likeness (QED) is 0.833. The number of ether oxygens (including phenoxy) is 1. The average molecular weight is 356 g/mol. The Balaban J connectivity index is 1.97. The molecule has 0 fully saturated rings. The molecule has 1 N–H and O–H groups in total. The summed E-state index contributed by atoms with van der Waals surface area (Å²) in [7, 11) is 1.33. The number of furan rings is 1. The van der Waals surface area contributed by atoms with Crippen molar-refractivity contribution in [3.63, 3.8) is 0 Å². The first-order valence-electron chi connectivity index (χ1n) is 6.33. The molecule has 0 bridgehead atoms. The average Bonchev–Trinajstić information content (AvgIpc) is 2.83. The van der Waals surface area contributed by atoms with Crippen LogP contribution in [0.5, 0.6) is 0 Å². The van der Waals surface area contributed by atoms with E-state index in [0.717, 1.165) is 10.0 Å². The summed E-state index contributed by atoms with van der Waals surface area (Å²) < 4.78 is 24.1. The van der Waals surface area contributed by atoms with Gasteiger partial charge in [-0.25, -0.2) is 9.18 Å². The topological polar surface area (TPSA) is 51.5 Å². The standard InChI is InChI=1S/C15H15BrFNO3/c1-9-13(15(19)20-2)6-12(21-9)8-18-7-10-5-11(17)3-4-14(10)16/h3-6,18H,7-8H2,1-2H3. The molecule has 0 aliphatic rings. The second-order valence-electron chi connectivity index (χ2n) is 4.51. The largest absolute Gasteiger partial charge is 0.465 e. The Labute approximate surface area is 130 Å². The van der Waals surface area contributed by atoms with Crippen LogP contribution in [0.15, 0.2) is 33.2 Å². The van der Waals surface area contributed by atoms with Crippen LogP contribution in [0.1, 0.15) is 27.4 Å². The molecule has 0 aliphatic carbocycles. The first-order valence-corrected chi connectivity index (χ1v) is 7.13. The summed E-state index contributed by atoms with van der Waals surface area (Å²) >= 11 is 3.37. The van der Waals surface area contributed by atoms with Gasteiger partial charge in [0.2, 0.25) is 0 Å². The number of hydrogen-bond acceptors (Lipinski definition) is 4. The summed E-state index contributed by atoms with van der Waals surface area (Å²) in [6, 6.07) is 6.17. The number of rotatable bonds is 5. The predicted molar refractivity (Wildman–Crippen MR) is 79.4 cm³/mol. The highest BCUT2D eigenvalue weighted by atomic mass is 79.9. The van der Waals surface area contributed by atoms with Crippen LogP contribution < -0.4 is 5.32 Å². The van der Waals surface area contributed by atoms with Crippen LogP contribution in [0, 0.1) is 12.7 Å². The second-order valence-corrected chi connectivity index (χ2v) is 5.37. The van der Waals surface area contributed by atoms with Crippen LogP contribution in [0.4, 0.5) is 4.39 Å². The lowest BCUT2D eigenvalue weighted by molar-refractivity contribution is 0.0599. The zero-order chi connectivity index (χ0) is 15.4. The van der Waals surface area contributed by atoms with E-state index in [0.29, 0.717) is 30.2 Å². The zero-order valence-corrected chi connectivity index (χ0v) is 13.3. The van der Waals surface area contributed by atoms with Gasteiger partial charge in [0.1, 0.15) is 22.9 Å². The Kier molecular flexibility index (Phi) is 5.14. The fraction of sp³-hybridized carbons (Fsp3) is 0.267. The maximum absolute atomic E-state index is 13.2. The Morgan fingerprint density at radius 1 is 1.38 bits per heavy atom. The number of halogens is 2. The molecule has 1 heterocycles. The summed E-state index contributed by atoms with van der Waals surface area (Å²) in [4.78, 5) is 11.5. The molecular formula is C15H15BrFNO3. The van der Waals surface area contributed by atoms with Gasteiger partial charge in [-0.1, -0.05) is 15.9 Å². The summed E-state index contributed by atoms with van der Waals surface area (Å²) in [6.45, 7) is 2.62. The number of esters is 1. The highest BCUT2D eigenvalue weighted by molar-refractivity contribution is 9.10. The van der Waals surface area contributed by atoms with E-state index in [2.05, 4.69) is 26.0 Å². The van der Waals surface area contributed by atoms with Crippen molar-refractivity contribution in [2.45, 2.75) is 20.0 Å².